The van der Waals surface area contributed by atoms with Crippen molar-refractivity contribution >= 4 is 39.5 Å². The summed E-state index contributed by atoms with van der Waals surface area (Å²) < 4.78 is 32.9. The average Bonchev–Trinajstić information content (AvgIpc) is 3.15. The molecule has 1 saturated heterocycles. The van der Waals surface area contributed by atoms with Crippen molar-refractivity contribution in [1.82, 2.24) is 10.4 Å². The van der Waals surface area contributed by atoms with E-state index in [2.05, 4.69) is 10.2 Å². The van der Waals surface area contributed by atoms with Crippen molar-refractivity contribution in [3.63, 3.8) is 0 Å². The second-order valence-electron chi connectivity index (χ2n) is 8.77. The number of hydrogen-bond acceptors (Lipinski definition) is 11. The van der Waals surface area contributed by atoms with Gasteiger partial charge < -0.3 is 19.8 Å². The molecular weight excluding hydrogens is 549 g/mol. The molecule has 1 unspecified atom stereocenters. The van der Waals surface area contributed by atoms with Crippen LogP contribution in [0.25, 0.3) is 0 Å². The molecule has 0 aromatic heterocycles. The molecule has 0 radical (unpaired) electrons. The number of carbonyl (C=O) groups excluding carboxylic acids is 4. The Balaban J connectivity index is 0.00000760. The fraction of sp³-hybridized carbons (Fsp3) is 0.565. The van der Waals surface area contributed by atoms with Crippen LogP contribution in [0.4, 0.5) is 5.69 Å². The van der Waals surface area contributed by atoms with E-state index in [-0.39, 0.29) is 63.8 Å². The minimum absolute atomic E-state index is 0. The molecule has 3 amide bonds. The van der Waals surface area contributed by atoms with Gasteiger partial charge in [-0.05, 0) is 25.0 Å². The number of nitro groups is 1. The molecule has 39 heavy (non-hydrogen) atoms. The van der Waals surface area contributed by atoms with Gasteiger partial charge >= 0.3 is 35.5 Å². The summed E-state index contributed by atoms with van der Waals surface area (Å²) >= 11 is 0. The van der Waals surface area contributed by atoms with E-state index in [1.54, 1.807) is 0 Å². The van der Waals surface area contributed by atoms with Crippen molar-refractivity contribution in [3.8, 4) is 0 Å². The molecule has 16 heteroatoms. The number of hydroxylamine groups is 2. The number of nitro benzene ring substituents is 1. The molecule has 1 aromatic rings. The zero-order chi connectivity index (χ0) is 28.3. The van der Waals surface area contributed by atoms with Gasteiger partial charge in [0.25, 0.3) is 23.4 Å². The second-order valence-corrected chi connectivity index (χ2v) is 10.3. The second kappa shape index (κ2) is 16.6. The molecule has 2 N–H and O–H groups in total. The van der Waals surface area contributed by atoms with Gasteiger partial charge in [-0.1, -0.05) is 38.5 Å². The van der Waals surface area contributed by atoms with Gasteiger partial charge in [-0.2, -0.15) is 0 Å². The Kier molecular flexibility index (Phi) is 14.7. The van der Waals surface area contributed by atoms with E-state index >= 15 is 0 Å². The van der Waals surface area contributed by atoms with Crippen LogP contribution >= 0.6 is 0 Å². The summed E-state index contributed by atoms with van der Waals surface area (Å²) in [7, 11) is -5.01. The smallest absolute Gasteiger partial charge is 0.747 e. The molecule has 0 spiro atoms. The van der Waals surface area contributed by atoms with Gasteiger partial charge in [0, 0.05) is 24.6 Å². The summed E-state index contributed by atoms with van der Waals surface area (Å²) in [6.07, 6.45) is 5.52. The molecule has 1 heterocycles. The number of nitrogens with one attached hydrogen (secondary N) is 1. The SMILES string of the molecule is O=C(CCCCCCCCCCNC(=O)c1ccc([N+](=O)[O-])c(CO)c1)ON1C(=O)CC(S(=O)(=O)[O-])C1=O.[Na+]. The first-order valence-corrected chi connectivity index (χ1v) is 13.6. The molecule has 1 aliphatic rings. The van der Waals surface area contributed by atoms with Crippen LogP contribution in [-0.4, -0.2) is 63.5 Å². The molecule has 0 saturated carbocycles. The summed E-state index contributed by atoms with van der Waals surface area (Å²) in [6.45, 7) is -0.101. The standard InChI is InChI=1S/C23H31N3O11S.Na/c27-15-17-13-16(10-11-18(17)26(32)33)22(30)24-12-8-6-4-2-1-3-5-7-9-21(29)37-25-20(28)14-19(23(25)31)38(34,35)36;/h10-11,13,19,27H,1-9,12,14-15H2,(H,24,30)(H,34,35,36);/q;+1/p-1. The zero-order valence-corrected chi connectivity index (χ0v) is 24.4. The molecule has 1 atom stereocenters. The number of hydrogen-bond donors (Lipinski definition) is 2. The topological polar surface area (TPSA) is 213 Å². The van der Waals surface area contributed by atoms with Gasteiger partial charge in [0.2, 0.25) is 0 Å². The van der Waals surface area contributed by atoms with E-state index in [0.717, 1.165) is 38.5 Å². The molecule has 2 rings (SSSR count). The third-order valence-electron chi connectivity index (χ3n) is 5.91. The number of benzene rings is 1. The number of rotatable bonds is 16. The van der Waals surface area contributed by atoms with Crippen molar-refractivity contribution < 1.29 is 76.6 Å². The number of carbonyl (C=O) groups is 4. The Morgan fingerprint density at radius 2 is 1.67 bits per heavy atom. The number of unbranched alkanes of at least 4 members (excludes halogenated alkanes) is 7. The molecule has 14 nitrogen and oxygen atoms in total. The molecule has 210 valence electrons. The van der Waals surface area contributed by atoms with Crippen molar-refractivity contribution in [2.24, 2.45) is 0 Å². The van der Waals surface area contributed by atoms with Crippen LogP contribution in [0.1, 0.15) is 80.1 Å². The van der Waals surface area contributed by atoms with E-state index < -0.39 is 51.1 Å². The third kappa shape index (κ3) is 10.9. The van der Waals surface area contributed by atoms with Crippen LogP contribution in [0, 0.1) is 10.1 Å². The molecule has 1 fully saturated rings. The summed E-state index contributed by atoms with van der Waals surface area (Å²) in [4.78, 5) is 62.4. The summed E-state index contributed by atoms with van der Waals surface area (Å²) in [5, 5.41) is 20.9. The minimum Gasteiger partial charge on any atom is -0.747 e. The van der Waals surface area contributed by atoms with E-state index in [1.807, 2.05) is 0 Å². The zero-order valence-electron chi connectivity index (χ0n) is 21.6. The van der Waals surface area contributed by atoms with Crippen LogP contribution in [0.2, 0.25) is 0 Å². The quantitative estimate of drug-likeness (QED) is 0.0572. The Morgan fingerprint density at radius 3 is 2.21 bits per heavy atom. The number of aliphatic hydroxyl groups excluding tert-OH is 1. The van der Waals surface area contributed by atoms with Gasteiger partial charge in [0.1, 0.15) is 15.4 Å². The van der Waals surface area contributed by atoms with Crippen molar-refractivity contribution in [1.29, 1.82) is 0 Å². The predicted octanol–water partition coefficient (Wildman–Crippen LogP) is -1.54. The number of aliphatic hydroxyl groups is 1. The van der Waals surface area contributed by atoms with E-state index in [9.17, 15) is 47.4 Å². The Bertz CT molecular complexity index is 1160. The van der Waals surface area contributed by atoms with Crippen molar-refractivity contribution in [2.45, 2.75) is 76.1 Å². The van der Waals surface area contributed by atoms with Crippen molar-refractivity contribution in [2.75, 3.05) is 6.54 Å². The summed E-state index contributed by atoms with van der Waals surface area (Å²) in [5.74, 6) is -3.63. The van der Waals surface area contributed by atoms with Gasteiger partial charge in [-0.3, -0.25) is 24.5 Å². The molecular formula is C23H30N3NaO11S. The Labute approximate surface area is 247 Å². The Hall–Kier alpha value is -2.43. The van der Waals surface area contributed by atoms with Gasteiger partial charge in [-0.15, -0.1) is 5.06 Å². The van der Waals surface area contributed by atoms with Crippen LogP contribution in [0.5, 0.6) is 0 Å². The third-order valence-corrected chi connectivity index (χ3v) is 6.97. The fourth-order valence-electron chi connectivity index (χ4n) is 3.84. The van der Waals surface area contributed by atoms with Gasteiger partial charge in [0.15, 0.2) is 0 Å². The van der Waals surface area contributed by atoms with E-state index in [4.69, 9.17) is 0 Å². The van der Waals surface area contributed by atoms with Crippen LogP contribution in [0.15, 0.2) is 18.2 Å². The van der Waals surface area contributed by atoms with E-state index in [0.29, 0.717) is 19.4 Å². The number of nitrogens with zero attached hydrogens (tertiary/aromatic N) is 2. The van der Waals surface area contributed by atoms with Gasteiger partial charge in [0.05, 0.1) is 23.5 Å². The monoisotopic (exact) mass is 579 g/mol. The first-order valence-electron chi connectivity index (χ1n) is 12.1. The first kappa shape index (κ1) is 34.6. The first-order chi connectivity index (χ1) is 18.0. The van der Waals surface area contributed by atoms with Crippen LogP contribution in [0.3, 0.4) is 0 Å². The number of imide groups is 1. The largest absolute Gasteiger partial charge is 1.00 e. The maximum absolute atomic E-state index is 12.2. The maximum atomic E-state index is 12.2. The average molecular weight is 580 g/mol. The molecule has 0 bridgehead atoms. The molecule has 0 aliphatic carbocycles. The predicted molar refractivity (Wildman–Crippen MR) is 129 cm³/mol. The van der Waals surface area contributed by atoms with Crippen molar-refractivity contribution in [3.05, 3.63) is 39.4 Å². The number of amides is 3. The van der Waals surface area contributed by atoms with Crippen LogP contribution < -0.4 is 34.9 Å². The Morgan fingerprint density at radius 1 is 1.08 bits per heavy atom. The van der Waals surface area contributed by atoms with Crippen LogP contribution in [-0.2, 0) is 35.9 Å². The summed E-state index contributed by atoms with van der Waals surface area (Å²) in [5.41, 5.74) is 0.0677. The van der Waals surface area contributed by atoms with Gasteiger partial charge in [-0.25, -0.2) is 13.2 Å². The molecule has 1 aromatic carbocycles. The van der Waals surface area contributed by atoms with E-state index in [1.165, 1.54) is 18.2 Å². The molecule has 1 aliphatic heterocycles. The summed E-state index contributed by atoms with van der Waals surface area (Å²) in [6, 6.07) is 3.84. The fourth-order valence-corrected chi connectivity index (χ4v) is 4.53. The minimum atomic E-state index is -5.01. The normalized spacial score (nSPS) is 15.1. The maximum Gasteiger partial charge on any atom is 1.00 e.